The highest BCUT2D eigenvalue weighted by Gasteiger charge is 2.74. The van der Waals surface area contributed by atoms with Crippen molar-refractivity contribution < 1.29 is 29.6 Å². The zero-order valence-electron chi connectivity index (χ0n) is 30.2. The zero-order chi connectivity index (χ0) is 35.2. The smallest absolute Gasteiger partial charge is 0.189 e. The van der Waals surface area contributed by atoms with Crippen molar-refractivity contribution in [2.45, 2.75) is 89.6 Å². The summed E-state index contributed by atoms with van der Waals surface area (Å²) in [6, 6.07) is 19.7. The van der Waals surface area contributed by atoms with Crippen LogP contribution < -0.4 is 0 Å². The van der Waals surface area contributed by atoms with Gasteiger partial charge in [-0.3, -0.25) is 9.69 Å². The molecule has 2 spiro atoms. The standard InChI is InChI=1S/C43H57NO6/c1-39-18-15-33(45)25-41(39)21-22-43(35(26-41)38(47)32-13-8-5-9-14-32)36(39)16-19-40(2)37(43)17-20-42(40,48)30-44(23-10-24-49-3)27-34(46)29-50-28-31-11-6-4-7-12-31/h4-9,11-14,21-22,26,33-34,36-37,45-46,48H,10,15-20,23-25,27-30H2,1-3H3. The van der Waals surface area contributed by atoms with E-state index in [1.807, 2.05) is 60.7 Å². The van der Waals surface area contributed by atoms with E-state index in [-0.39, 0.29) is 41.2 Å². The fraction of sp³-hybridized carbons (Fsp3) is 0.605. The van der Waals surface area contributed by atoms with Crippen LogP contribution in [-0.2, 0) is 16.1 Å². The summed E-state index contributed by atoms with van der Waals surface area (Å²) in [6.07, 6.45) is 12.4. The van der Waals surface area contributed by atoms with Crippen LogP contribution >= 0.6 is 0 Å². The minimum Gasteiger partial charge on any atom is -0.393 e. The van der Waals surface area contributed by atoms with Gasteiger partial charge in [0.2, 0.25) is 0 Å². The van der Waals surface area contributed by atoms with Gasteiger partial charge >= 0.3 is 0 Å². The first-order chi connectivity index (χ1) is 24.0. The number of hydrogen-bond donors (Lipinski definition) is 3. The molecule has 7 nitrogen and oxygen atoms in total. The molecule has 7 heteroatoms. The quantitative estimate of drug-likeness (QED) is 0.121. The molecule has 3 saturated carbocycles. The number of nitrogens with zero attached hydrogens (tertiary/aromatic N) is 1. The Balaban J connectivity index is 1.18. The molecule has 3 N–H and O–H groups in total. The Morgan fingerprint density at radius 1 is 0.940 bits per heavy atom. The first-order valence-electron chi connectivity index (χ1n) is 19.0. The van der Waals surface area contributed by atoms with Crippen LogP contribution in [0.15, 0.2) is 84.5 Å². The number of benzene rings is 2. The highest BCUT2D eigenvalue weighted by Crippen LogP contribution is 2.78. The van der Waals surface area contributed by atoms with E-state index >= 15 is 0 Å². The van der Waals surface area contributed by atoms with Crippen LogP contribution in [0.2, 0.25) is 0 Å². The minimum atomic E-state index is -1.00. The summed E-state index contributed by atoms with van der Waals surface area (Å²) < 4.78 is 11.3. The third kappa shape index (κ3) is 5.77. The van der Waals surface area contributed by atoms with E-state index < -0.39 is 22.5 Å². The molecule has 6 aliphatic carbocycles. The van der Waals surface area contributed by atoms with Crippen LogP contribution in [0.4, 0.5) is 0 Å². The van der Waals surface area contributed by atoms with E-state index in [1.165, 1.54) is 0 Å². The Kier molecular flexibility index (Phi) is 9.81. The van der Waals surface area contributed by atoms with Crippen molar-refractivity contribution in [3.63, 3.8) is 0 Å². The Morgan fingerprint density at radius 3 is 2.36 bits per heavy atom. The number of carbonyl (C=O) groups excluding carboxylic acids is 1. The molecular formula is C43H57NO6. The maximum Gasteiger partial charge on any atom is 0.189 e. The van der Waals surface area contributed by atoms with E-state index in [1.54, 1.807) is 7.11 Å². The summed E-state index contributed by atoms with van der Waals surface area (Å²) in [4.78, 5) is 16.9. The SMILES string of the molecule is COCCCN(CC(O)COCc1ccccc1)CC1(O)CCC2C34C=CC5(C=C3C(=O)c3ccccc3)CC(O)CCC5(C)C4CCC21C. The van der Waals surface area contributed by atoms with E-state index in [4.69, 9.17) is 9.47 Å². The number of ketones is 1. The third-order valence-electron chi connectivity index (χ3n) is 14.2. The average molecular weight is 684 g/mol. The lowest BCUT2D eigenvalue weighted by Gasteiger charge is -2.71. The summed E-state index contributed by atoms with van der Waals surface area (Å²) in [5.74, 6) is 0.416. The maximum atomic E-state index is 14.7. The van der Waals surface area contributed by atoms with Crippen molar-refractivity contribution in [2.24, 2.45) is 33.5 Å². The van der Waals surface area contributed by atoms with Gasteiger partial charge in [0.05, 0.1) is 31.0 Å². The molecule has 50 heavy (non-hydrogen) atoms. The fourth-order valence-electron chi connectivity index (χ4n) is 11.6. The Bertz CT molecular complexity index is 1580. The van der Waals surface area contributed by atoms with Crippen LogP contribution in [0.3, 0.4) is 0 Å². The van der Waals surface area contributed by atoms with Gasteiger partial charge < -0.3 is 24.8 Å². The number of carbonyl (C=O) groups is 1. The number of hydrogen-bond acceptors (Lipinski definition) is 7. The number of rotatable bonds is 14. The monoisotopic (exact) mass is 683 g/mol. The first kappa shape index (κ1) is 35.7. The second-order valence-corrected chi connectivity index (χ2v) is 16.7. The lowest BCUT2D eigenvalue weighted by molar-refractivity contribution is -0.177. The van der Waals surface area contributed by atoms with Crippen LogP contribution in [0.5, 0.6) is 0 Å². The second-order valence-electron chi connectivity index (χ2n) is 16.7. The fourth-order valence-corrected chi connectivity index (χ4v) is 11.6. The number of aliphatic hydroxyl groups excluding tert-OH is 2. The second kappa shape index (κ2) is 13.7. The van der Waals surface area contributed by atoms with Gasteiger partial charge in [-0.25, -0.2) is 0 Å². The largest absolute Gasteiger partial charge is 0.393 e. The van der Waals surface area contributed by atoms with Crippen molar-refractivity contribution >= 4 is 5.78 Å². The third-order valence-corrected chi connectivity index (χ3v) is 14.2. The zero-order valence-corrected chi connectivity index (χ0v) is 30.2. The molecule has 0 radical (unpaired) electrons. The molecule has 9 unspecified atom stereocenters. The maximum absolute atomic E-state index is 14.7. The van der Waals surface area contributed by atoms with Crippen molar-refractivity contribution in [3.8, 4) is 0 Å². The van der Waals surface area contributed by atoms with Crippen LogP contribution in [-0.4, -0.2) is 83.8 Å². The molecule has 2 aromatic rings. The lowest BCUT2D eigenvalue weighted by atomic mass is 9.32. The van der Waals surface area contributed by atoms with E-state index in [9.17, 15) is 20.1 Å². The summed E-state index contributed by atoms with van der Waals surface area (Å²) in [6.45, 7) is 7.51. The van der Waals surface area contributed by atoms with Crippen LogP contribution in [0.25, 0.3) is 0 Å². The minimum absolute atomic E-state index is 0.0699. The molecule has 3 fully saturated rings. The number of fused-ring (bicyclic) bond motifs is 1. The topological polar surface area (TPSA) is 99.5 Å². The number of Topliss-reactive ketones (excluding diaryl/α,β-unsaturated/α-hetero) is 1. The number of methoxy groups -OCH3 is 1. The van der Waals surface area contributed by atoms with Crippen LogP contribution in [0.1, 0.15) is 81.1 Å². The molecule has 8 rings (SSSR count). The summed E-state index contributed by atoms with van der Waals surface area (Å²) in [5, 5.41) is 35.1. The molecule has 0 aromatic heterocycles. The van der Waals surface area contributed by atoms with Gasteiger partial charge in [-0.05, 0) is 74.2 Å². The van der Waals surface area contributed by atoms with E-state index in [0.29, 0.717) is 51.3 Å². The van der Waals surface area contributed by atoms with Crippen LogP contribution in [0, 0.1) is 33.5 Å². The van der Waals surface area contributed by atoms with E-state index in [2.05, 4.69) is 37.0 Å². The molecule has 0 heterocycles. The molecular weight excluding hydrogens is 626 g/mol. The molecule has 270 valence electrons. The number of allylic oxidation sites excluding steroid dienone is 4. The molecule has 2 aromatic carbocycles. The average Bonchev–Trinajstić information content (AvgIpc) is 3.38. The first-order valence-corrected chi connectivity index (χ1v) is 19.0. The lowest BCUT2D eigenvalue weighted by Crippen LogP contribution is -2.67. The molecule has 0 saturated heterocycles. The Hall–Kier alpha value is -2.65. The summed E-state index contributed by atoms with van der Waals surface area (Å²) in [7, 11) is 1.70. The van der Waals surface area contributed by atoms with E-state index in [0.717, 1.165) is 49.7 Å². The van der Waals surface area contributed by atoms with Gasteiger partial charge in [0.25, 0.3) is 0 Å². The normalized spacial score (nSPS) is 37.6. The molecule has 6 aliphatic rings. The Labute approximate surface area is 298 Å². The van der Waals surface area contributed by atoms with Crippen molar-refractivity contribution in [1.29, 1.82) is 0 Å². The highest BCUT2D eigenvalue weighted by molar-refractivity contribution is 6.10. The highest BCUT2D eigenvalue weighted by atomic mass is 16.5. The van der Waals surface area contributed by atoms with Gasteiger partial charge in [-0.1, -0.05) is 92.7 Å². The van der Waals surface area contributed by atoms with Gasteiger partial charge in [-0.15, -0.1) is 0 Å². The van der Waals surface area contributed by atoms with Gasteiger partial charge in [-0.2, -0.15) is 0 Å². The van der Waals surface area contributed by atoms with Gasteiger partial charge in [0, 0.05) is 60.7 Å². The molecule has 0 aliphatic heterocycles. The Morgan fingerprint density at radius 2 is 1.62 bits per heavy atom. The summed E-state index contributed by atoms with van der Waals surface area (Å²) >= 11 is 0. The molecule has 9 atom stereocenters. The van der Waals surface area contributed by atoms with Gasteiger partial charge in [0.15, 0.2) is 5.78 Å². The predicted molar refractivity (Wildman–Crippen MR) is 194 cm³/mol. The number of ether oxygens (including phenoxy) is 2. The molecule has 2 bridgehead atoms. The van der Waals surface area contributed by atoms with Crippen molar-refractivity contribution in [1.82, 2.24) is 4.90 Å². The molecule has 0 amide bonds. The predicted octanol–water partition coefficient (Wildman–Crippen LogP) is 6.38. The summed E-state index contributed by atoms with van der Waals surface area (Å²) in [5.41, 5.74) is 0.297. The van der Waals surface area contributed by atoms with Crippen molar-refractivity contribution in [2.75, 3.05) is 40.0 Å². The van der Waals surface area contributed by atoms with Crippen molar-refractivity contribution in [3.05, 3.63) is 95.6 Å². The van der Waals surface area contributed by atoms with Gasteiger partial charge in [0.1, 0.15) is 0 Å². The number of aliphatic hydroxyl groups is 3.